The second-order valence-corrected chi connectivity index (χ2v) is 5.05. The summed E-state index contributed by atoms with van der Waals surface area (Å²) in [5, 5.41) is 4.02. The summed E-state index contributed by atoms with van der Waals surface area (Å²) in [6.45, 7) is 7.88. The summed E-state index contributed by atoms with van der Waals surface area (Å²) in [4.78, 5) is 6.76. The molecule has 2 heterocycles. The smallest absolute Gasteiger partial charge is 0.243 e. The summed E-state index contributed by atoms with van der Waals surface area (Å²) in [7, 11) is 0. The lowest BCUT2D eigenvalue weighted by molar-refractivity contribution is -0.0350. The molecule has 1 aliphatic heterocycles. The Labute approximate surface area is 114 Å². The number of hydrogen-bond donors (Lipinski definition) is 1. The fourth-order valence-electron chi connectivity index (χ4n) is 2.34. The molecule has 1 aromatic rings. The van der Waals surface area contributed by atoms with Crippen LogP contribution in [0.3, 0.4) is 0 Å². The number of ether oxygens (including phenoxy) is 1. The van der Waals surface area contributed by atoms with Gasteiger partial charge < -0.3 is 15.0 Å². The normalized spacial score (nSPS) is 22.6. The highest BCUT2D eigenvalue weighted by Crippen LogP contribution is 2.22. The van der Waals surface area contributed by atoms with Crippen molar-refractivity contribution in [2.75, 3.05) is 26.2 Å². The molecule has 0 saturated carbocycles. The topological polar surface area (TPSA) is 77.4 Å². The third-order valence-electron chi connectivity index (χ3n) is 3.35. The Morgan fingerprint density at radius 3 is 3.00 bits per heavy atom. The molecule has 2 atom stereocenters. The molecule has 108 valence electrons. The molecule has 0 amide bonds. The Morgan fingerprint density at radius 1 is 1.42 bits per heavy atom. The first-order valence-electron chi connectivity index (χ1n) is 7.17. The third-order valence-corrected chi connectivity index (χ3v) is 3.35. The Bertz CT molecular complexity index is 380. The minimum Gasteiger partial charge on any atom is -0.367 e. The van der Waals surface area contributed by atoms with E-state index in [2.05, 4.69) is 28.9 Å². The van der Waals surface area contributed by atoms with Crippen molar-refractivity contribution in [3.05, 3.63) is 11.7 Å². The number of hydrogen-bond acceptors (Lipinski definition) is 6. The van der Waals surface area contributed by atoms with Crippen LogP contribution in [0, 0.1) is 0 Å². The fraction of sp³-hybridized carbons (Fsp3) is 0.846. The van der Waals surface area contributed by atoms with E-state index in [4.69, 9.17) is 15.0 Å². The first-order valence-corrected chi connectivity index (χ1v) is 7.17. The molecule has 2 N–H and O–H groups in total. The molecule has 0 radical (unpaired) electrons. The average molecular weight is 268 g/mol. The molecular weight excluding hydrogens is 244 g/mol. The van der Waals surface area contributed by atoms with E-state index in [-0.39, 0.29) is 12.1 Å². The van der Waals surface area contributed by atoms with Crippen molar-refractivity contribution in [1.82, 2.24) is 15.0 Å². The van der Waals surface area contributed by atoms with Crippen molar-refractivity contribution < 1.29 is 9.26 Å². The Kier molecular flexibility index (Phi) is 5.30. The number of aromatic nitrogens is 2. The van der Waals surface area contributed by atoms with Gasteiger partial charge in [0, 0.05) is 13.1 Å². The molecule has 1 fully saturated rings. The lowest BCUT2D eigenvalue weighted by atomic mass is 10.2. The quantitative estimate of drug-likeness (QED) is 0.845. The van der Waals surface area contributed by atoms with Gasteiger partial charge in [-0.05, 0) is 19.4 Å². The van der Waals surface area contributed by atoms with E-state index >= 15 is 0 Å². The van der Waals surface area contributed by atoms with Crippen LogP contribution in [0.15, 0.2) is 4.52 Å². The van der Waals surface area contributed by atoms with Crippen LogP contribution in [0.1, 0.15) is 57.0 Å². The minimum atomic E-state index is -0.165. The maximum Gasteiger partial charge on any atom is 0.243 e. The second kappa shape index (κ2) is 6.98. The SMILES string of the molecule is CCC[C@H](N)c1nc(C2CN(CCC)CCO2)no1. The van der Waals surface area contributed by atoms with Crippen molar-refractivity contribution in [3.63, 3.8) is 0 Å². The van der Waals surface area contributed by atoms with E-state index in [0.717, 1.165) is 45.5 Å². The number of morpholine rings is 1. The van der Waals surface area contributed by atoms with Crippen LogP contribution in [0.25, 0.3) is 0 Å². The monoisotopic (exact) mass is 268 g/mol. The van der Waals surface area contributed by atoms with Gasteiger partial charge in [-0.1, -0.05) is 25.4 Å². The first-order chi connectivity index (χ1) is 9.24. The highest BCUT2D eigenvalue weighted by molar-refractivity contribution is 4.97. The number of rotatable bonds is 6. The van der Waals surface area contributed by atoms with Crippen LogP contribution in [0.5, 0.6) is 0 Å². The molecule has 1 unspecified atom stereocenters. The number of nitrogens with two attached hydrogens (primary N) is 1. The Balaban J connectivity index is 1.97. The van der Waals surface area contributed by atoms with Gasteiger partial charge in [-0.25, -0.2) is 0 Å². The first kappa shape index (κ1) is 14.4. The van der Waals surface area contributed by atoms with Crippen LogP contribution in [0.2, 0.25) is 0 Å². The van der Waals surface area contributed by atoms with Gasteiger partial charge in [0.2, 0.25) is 11.7 Å². The van der Waals surface area contributed by atoms with Gasteiger partial charge in [-0.2, -0.15) is 4.98 Å². The van der Waals surface area contributed by atoms with E-state index in [0.29, 0.717) is 11.7 Å². The molecule has 0 aliphatic carbocycles. The van der Waals surface area contributed by atoms with Crippen LogP contribution in [0.4, 0.5) is 0 Å². The zero-order valence-electron chi connectivity index (χ0n) is 11.8. The van der Waals surface area contributed by atoms with Gasteiger partial charge in [0.15, 0.2) is 0 Å². The zero-order valence-corrected chi connectivity index (χ0v) is 11.8. The highest BCUT2D eigenvalue weighted by Gasteiger charge is 2.26. The van der Waals surface area contributed by atoms with Crippen molar-refractivity contribution in [2.45, 2.75) is 45.3 Å². The summed E-state index contributed by atoms with van der Waals surface area (Å²) in [5.74, 6) is 1.15. The molecule has 1 saturated heterocycles. The van der Waals surface area contributed by atoms with E-state index in [1.807, 2.05) is 0 Å². The van der Waals surface area contributed by atoms with Crippen LogP contribution < -0.4 is 5.73 Å². The fourth-order valence-corrected chi connectivity index (χ4v) is 2.34. The van der Waals surface area contributed by atoms with E-state index in [1.165, 1.54) is 0 Å². The van der Waals surface area contributed by atoms with Crippen molar-refractivity contribution in [1.29, 1.82) is 0 Å². The molecule has 1 aliphatic rings. The summed E-state index contributed by atoms with van der Waals surface area (Å²) in [6.07, 6.45) is 2.91. The van der Waals surface area contributed by atoms with Crippen molar-refractivity contribution in [2.24, 2.45) is 5.73 Å². The van der Waals surface area contributed by atoms with Gasteiger partial charge in [-0.3, -0.25) is 4.90 Å². The summed E-state index contributed by atoms with van der Waals surface area (Å²) < 4.78 is 11.0. The average Bonchev–Trinajstić information content (AvgIpc) is 2.89. The Hall–Kier alpha value is -0.980. The van der Waals surface area contributed by atoms with Crippen LogP contribution in [-0.4, -0.2) is 41.3 Å². The molecule has 6 heteroatoms. The standard InChI is InChI=1S/C13H24N4O2/c1-3-5-10(14)13-15-12(16-19-13)11-9-17(6-4-2)7-8-18-11/h10-11H,3-9,14H2,1-2H3/t10-,11?/m0/s1. The highest BCUT2D eigenvalue weighted by atomic mass is 16.5. The maximum absolute atomic E-state index is 5.98. The van der Waals surface area contributed by atoms with Crippen molar-refractivity contribution in [3.8, 4) is 0 Å². The van der Waals surface area contributed by atoms with Gasteiger partial charge in [0.25, 0.3) is 0 Å². The lowest BCUT2D eigenvalue weighted by Gasteiger charge is -2.30. The molecule has 0 aromatic carbocycles. The molecule has 19 heavy (non-hydrogen) atoms. The van der Waals surface area contributed by atoms with Crippen LogP contribution in [-0.2, 0) is 4.74 Å². The molecule has 2 rings (SSSR count). The lowest BCUT2D eigenvalue weighted by Crippen LogP contribution is -2.39. The summed E-state index contributed by atoms with van der Waals surface area (Å²) in [6, 6.07) is -0.165. The molecular formula is C13H24N4O2. The van der Waals surface area contributed by atoms with Crippen molar-refractivity contribution >= 4 is 0 Å². The summed E-state index contributed by atoms with van der Waals surface area (Å²) in [5.41, 5.74) is 5.98. The molecule has 1 aromatic heterocycles. The predicted molar refractivity (Wildman–Crippen MR) is 71.6 cm³/mol. The van der Waals surface area contributed by atoms with Crippen LogP contribution >= 0.6 is 0 Å². The maximum atomic E-state index is 5.98. The third kappa shape index (κ3) is 3.75. The Morgan fingerprint density at radius 2 is 2.26 bits per heavy atom. The number of nitrogens with zero attached hydrogens (tertiary/aromatic N) is 3. The van der Waals surface area contributed by atoms with Gasteiger partial charge in [0.1, 0.15) is 6.10 Å². The second-order valence-electron chi connectivity index (χ2n) is 5.05. The van der Waals surface area contributed by atoms with Gasteiger partial charge >= 0.3 is 0 Å². The molecule has 0 spiro atoms. The molecule has 6 nitrogen and oxygen atoms in total. The van der Waals surface area contributed by atoms with E-state index in [1.54, 1.807) is 0 Å². The molecule has 0 bridgehead atoms. The summed E-state index contributed by atoms with van der Waals surface area (Å²) >= 11 is 0. The van der Waals surface area contributed by atoms with E-state index < -0.39 is 0 Å². The zero-order chi connectivity index (χ0) is 13.7. The van der Waals surface area contributed by atoms with E-state index in [9.17, 15) is 0 Å². The van der Waals surface area contributed by atoms with Gasteiger partial charge in [-0.15, -0.1) is 0 Å². The minimum absolute atomic E-state index is 0.0911. The van der Waals surface area contributed by atoms with Gasteiger partial charge in [0.05, 0.1) is 12.6 Å². The largest absolute Gasteiger partial charge is 0.367 e. The predicted octanol–water partition coefficient (Wildman–Crippen LogP) is 1.65.